The number of halogens is 3. The van der Waals surface area contributed by atoms with Crippen LogP contribution >= 0.6 is 0 Å². The first kappa shape index (κ1) is 26.3. The molecule has 0 heterocycles. The van der Waals surface area contributed by atoms with E-state index in [-0.39, 0.29) is 6.61 Å². The van der Waals surface area contributed by atoms with Crippen LogP contribution in [0.5, 0.6) is 0 Å². The zero-order valence-corrected chi connectivity index (χ0v) is 17.4. The molecule has 0 fully saturated rings. The highest BCUT2D eigenvalue weighted by Crippen LogP contribution is 2.17. The van der Waals surface area contributed by atoms with Crippen LogP contribution in [-0.2, 0) is 9.53 Å². The Labute approximate surface area is 164 Å². The maximum absolute atomic E-state index is 11.9. The number of carbonyl (C=O) groups is 1. The normalized spacial score (nSPS) is 11.7. The average molecular weight is 395 g/mol. The third kappa shape index (κ3) is 19.8. The van der Waals surface area contributed by atoms with E-state index in [1.165, 1.54) is 89.9 Å². The van der Waals surface area contributed by atoms with Crippen LogP contribution in [0.1, 0.15) is 122 Å². The number of ether oxygens (including phenoxy) is 1. The number of alkyl halides is 3. The number of esters is 1. The first-order valence-electron chi connectivity index (χ1n) is 11.2. The summed E-state index contributed by atoms with van der Waals surface area (Å²) in [5.41, 5.74) is 0. The number of rotatable bonds is 19. The van der Waals surface area contributed by atoms with Gasteiger partial charge in [-0.1, -0.05) is 116 Å². The summed E-state index contributed by atoms with van der Waals surface area (Å²) in [7, 11) is 0. The van der Waals surface area contributed by atoms with Crippen molar-refractivity contribution >= 4 is 5.97 Å². The maximum Gasteiger partial charge on any atom is 0.490 e. The first-order chi connectivity index (χ1) is 13.0. The predicted octanol–water partition coefficient (Wildman–Crippen LogP) is 8.13. The molecule has 0 saturated heterocycles. The van der Waals surface area contributed by atoms with Gasteiger partial charge in [-0.2, -0.15) is 13.2 Å². The largest absolute Gasteiger partial charge is 0.490 e. The van der Waals surface area contributed by atoms with Crippen molar-refractivity contribution in [3.8, 4) is 0 Å². The van der Waals surface area contributed by atoms with Crippen LogP contribution in [0.4, 0.5) is 13.2 Å². The fourth-order valence-corrected chi connectivity index (χ4v) is 3.25. The minimum absolute atomic E-state index is 0.128. The lowest BCUT2D eigenvalue weighted by atomic mass is 10.0. The summed E-state index contributed by atoms with van der Waals surface area (Å²) in [4.78, 5) is 10.5. The third-order valence-electron chi connectivity index (χ3n) is 4.96. The van der Waals surface area contributed by atoms with Crippen LogP contribution in [-0.4, -0.2) is 18.8 Å². The molecule has 0 unspecified atom stereocenters. The van der Waals surface area contributed by atoms with Gasteiger partial charge in [-0.25, -0.2) is 4.79 Å². The van der Waals surface area contributed by atoms with Crippen molar-refractivity contribution in [2.24, 2.45) is 0 Å². The van der Waals surface area contributed by atoms with Crippen LogP contribution in [0.3, 0.4) is 0 Å². The summed E-state index contributed by atoms with van der Waals surface area (Å²) >= 11 is 0. The van der Waals surface area contributed by atoms with Crippen molar-refractivity contribution < 1.29 is 22.7 Å². The van der Waals surface area contributed by atoms with Gasteiger partial charge >= 0.3 is 12.1 Å². The van der Waals surface area contributed by atoms with Crippen molar-refractivity contribution in [1.82, 2.24) is 0 Å². The van der Waals surface area contributed by atoms with Gasteiger partial charge in [-0.05, 0) is 6.42 Å². The molecule has 0 spiro atoms. The van der Waals surface area contributed by atoms with E-state index in [0.717, 1.165) is 19.3 Å². The Morgan fingerprint density at radius 2 is 0.889 bits per heavy atom. The maximum atomic E-state index is 11.9. The molecule has 0 atom stereocenters. The summed E-state index contributed by atoms with van der Waals surface area (Å²) < 4.78 is 39.9. The molecule has 0 aliphatic heterocycles. The number of carbonyl (C=O) groups excluding carboxylic acids is 1. The molecule has 27 heavy (non-hydrogen) atoms. The van der Waals surface area contributed by atoms with Crippen molar-refractivity contribution in [3.05, 3.63) is 0 Å². The minimum atomic E-state index is -4.87. The quantitative estimate of drug-likeness (QED) is 0.163. The number of hydrogen-bond donors (Lipinski definition) is 0. The highest BCUT2D eigenvalue weighted by molar-refractivity contribution is 5.75. The minimum Gasteiger partial charge on any atom is -0.459 e. The predicted molar refractivity (Wildman–Crippen MR) is 106 cm³/mol. The van der Waals surface area contributed by atoms with E-state index < -0.39 is 12.1 Å². The van der Waals surface area contributed by atoms with E-state index in [0.29, 0.717) is 6.42 Å². The van der Waals surface area contributed by atoms with Crippen LogP contribution in [0.2, 0.25) is 0 Å². The molecule has 0 N–H and O–H groups in total. The summed E-state index contributed by atoms with van der Waals surface area (Å²) in [5.74, 6) is -2.07. The van der Waals surface area contributed by atoms with E-state index in [9.17, 15) is 18.0 Å². The van der Waals surface area contributed by atoms with Crippen molar-refractivity contribution in [1.29, 1.82) is 0 Å². The molecule has 0 saturated carbocycles. The second kappa shape index (κ2) is 18.6. The Kier molecular flexibility index (Phi) is 18.1. The van der Waals surface area contributed by atoms with Crippen molar-refractivity contribution in [3.63, 3.8) is 0 Å². The standard InChI is InChI=1S/C22H41F3O2/c1-2-3-4-5-6-7-8-9-10-11-12-13-14-15-16-17-18-19-20-27-21(26)22(23,24)25/h2-20H2,1H3. The molecule has 0 aromatic rings. The highest BCUT2D eigenvalue weighted by atomic mass is 19.4. The molecular weight excluding hydrogens is 353 g/mol. The van der Waals surface area contributed by atoms with Gasteiger partial charge in [0.05, 0.1) is 6.61 Å². The van der Waals surface area contributed by atoms with E-state index in [4.69, 9.17) is 0 Å². The molecular formula is C22H41F3O2. The molecule has 0 aromatic heterocycles. The molecule has 0 aromatic carbocycles. The van der Waals surface area contributed by atoms with Gasteiger partial charge in [0.2, 0.25) is 0 Å². The summed E-state index contributed by atoms with van der Waals surface area (Å²) in [6.45, 7) is 2.13. The lowest BCUT2D eigenvalue weighted by Gasteiger charge is -2.07. The van der Waals surface area contributed by atoms with E-state index in [1.807, 2.05) is 0 Å². The Morgan fingerprint density at radius 3 is 1.19 bits per heavy atom. The van der Waals surface area contributed by atoms with Crippen LogP contribution in [0.15, 0.2) is 0 Å². The van der Waals surface area contributed by atoms with E-state index in [1.54, 1.807) is 0 Å². The molecule has 2 nitrogen and oxygen atoms in total. The first-order valence-corrected chi connectivity index (χ1v) is 11.2. The van der Waals surface area contributed by atoms with Gasteiger partial charge in [-0.3, -0.25) is 0 Å². The van der Waals surface area contributed by atoms with Gasteiger partial charge < -0.3 is 4.74 Å². The molecule has 0 aliphatic rings. The van der Waals surface area contributed by atoms with Gasteiger partial charge in [0.15, 0.2) is 0 Å². The van der Waals surface area contributed by atoms with E-state index >= 15 is 0 Å². The lowest BCUT2D eigenvalue weighted by Crippen LogP contribution is -2.25. The van der Waals surface area contributed by atoms with Gasteiger partial charge in [0, 0.05) is 0 Å². The number of hydrogen-bond acceptors (Lipinski definition) is 2. The van der Waals surface area contributed by atoms with Gasteiger partial charge in [-0.15, -0.1) is 0 Å². The lowest BCUT2D eigenvalue weighted by molar-refractivity contribution is -0.199. The summed E-state index contributed by atoms with van der Waals surface area (Å²) in [6.07, 6.45) is 17.5. The highest BCUT2D eigenvalue weighted by Gasteiger charge is 2.40. The zero-order chi connectivity index (χ0) is 20.2. The molecule has 0 radical (unpaired) electrons. The average Bonchev–Trinajstić information content (AvgIpc) is 2.62. The summed E-state index contributed by atoms with van der Waals surface area (Å²) in [6, 6.07) is 0. The molecule has 0 aliphatic carbocycles. The summed E-state index contributed by atoms with van der Waals surface area (Å²) in [5, 5.41) is 0. The Balaban J connectivity index is 3.10. The van der Waals surface area contributed by atoms with Gasteiger partial charge in [0.1, 0.15) is 0 Å². The van der Waals surface area contributed by atoms with Crippen LogP contribution in [0, 0.1) is 0 Å². The van der Waals surface area contributed by atoms with Crippen LogP contribution < -0.4 is 0 Å². The van der Waals surface area contributed by atoms with E-state index in [2.05, 4.69) is 11.7 Å². The monoisotopic (exact) mass is 394 g/mol. The smallest absolute Gasteiger partial charge is 0.459 e. The molecule has 0 rings (SSSR count). The van der Waals surface area contributed by atoms with Crippen LogP contribution in [0.25, 0.3) is 0 Å². The number of unbranched alkanes of at least 4 members (excludes halogenated alkanes) is 17. The van der Waals surface area contributed by atoms with Crippen molar-refractivity contribution in [2.75, 3.05) is 6.61 Å². The SMILES string of the molecule is CCCCCCCCCCCCCCCCCCCCOC(=O)C(F)(F)F. The Hall–Kier alpha value is -0.740. The second-order valence-electron chi connectivity index (χ2n) is 7.64. The fourth-order valence-electron chi connectivity index (χ4n) is 3.25. The second-order valence-corrected chi connectivity index (χ2v) is 7.64. The third-order valence-corrected chi connectivity index (χ3v) is 4.96. The Morgan fingerprint density at radius 1 is 0.593 bits per heavy atom. The molecule has 162 valence electrons. The fraction of sp³-hybridized carbons (Fsp3) is 0.955. The zero-order valence-electron chi connectivity index (χ0n) is 17.4. The van der Waals surface area contributed by atoms with Gasteiger partial charge in [0.25, 0.3) is 0 Å². The van der Waals surface area contributed by atoms with Crippen molar-refractivity contribution in [2.45, 2.75) is 129 Å². The molecule has 0 amide bonds. The topological polar surface area (TPSA) is 26.3 Å². The molecule has 0 bridgehead atoms. The Bertz CT molecular complexity index is 330. The molecule has 5 heteroatoms.